The number of nitrogens with zero attached hydrogens (tertiary/aromatic N) is 2. The normalized spacial score (nSPS) is 11.9. The van der Waals surface area contributed by atoms with Crippen LogP contribution in [0.3, 0.4) is 0 Å². The van der Waals surface area contributed by atoms with E-state index in [9.17, 15) is 4.79 Å². The van der Waals surface area contributed by atoms with Gasteiger partial charge in [-0.25, -0.2) is 0 Å². The van der Waals surface area contributed by atoms with E-state index >= 15 is 0 Å². The van der Waals surface area contributed by atoms with Crippen LogP contribution in [0.2, 0.25) is 0 Å². The summed E-state index contributed by atoms with van der Waals surface area (Å²) in [5, 5.41) is 0.459. The van der Waals surface area contributed by atoms with Crippen LogP contribution in [0.25, 0.3) is 10.2 Å². The number of thiazole rings is 1. The van der Waals surface area contributed by atoms with Crippen molar-refractivity contribution in [3.05, 3.63) is 58.4 Å². The number of carbonyl (C=O) groups excluding carboxylic acids is 1. The average molecular weight is 395 g/mol. The van der Waals surface area contributed by atoms with E-state index in [1.807, 2.05) is 28.8 Å². The maximum Gasteiger partial charge on any atom is 0.279 e. The third-order valence-corrected chi connectivity index (χ3v) is 6.09. The summed E-state index contributed by atoms with van der Waals surface area (Å²) in [5.41, 5.74) is 2.87. The van der Waals surface area contributed by atoms with Crippen LogP contribution in [0.5, 0.6) is 0 Å². The van der Waals surface area contributed by atoms with Gasteiger partial charge in [-0.3, -0.25) is 4.79 Å². The number of carbonyl (C=O) groups is 1. The van der Waals surface area contributed by atoms with Crippen LogP contribution in [0.15, 0.2) is 52.4 Å². The lowest BCUT2D eigenvalue weighted by Crippen LogP contribution is -2.16. The molecule has 1 amide bonds. The lowest BCUT2D eigenvalue weighted by molar-refractivity contribution is 0.0997. The summed E-state index contributed by atoms with van der Waals surface area (Å²) in [6.07, 6.45) is 6.52. The molecular weight excluding hydrogens is 372 g/mol. The largest absolute Gasteiger partial charge is 0.305 e. The van der Waals surface area contributed by atoms with Crippen LogP contribution < -0.4 is 4.80 Å². The average Bonchev–Trinajstić information content (AvgIpc) is 2.98. The molecule has 3 nitrogen and oxygen atoms in total. The Balaban J connectivity index is 2.05. The van der Waals surface area contributed by atoms with Gasteiger partial charge in [0.1, 0.15) is 0 Å². The fraction of sp³-hybridized carbons (Fsp3) is 0.273. The van der Waals surface area contributed by atoms with Gasteiger partial charge in [-0.2, -0.15) is 4.99 Å². The van der Waals surface area contributed by atoms with E-state index in [4.69, 9.17) is 6.42 Å². The summed E-state index contributed by atoms with van der Waals surface area (Å²) in [6, 6.07) is 13.9. The Bertz CT molecular complexity index is 1080. The maximum absolute atomic E-state index is 12.8. The number of hydrogen-bond acceptors (Lipinski definition) is 3. The molecule has 0 radical (unpaired) electrons. The van der Waals surface area contributed by atoms with Gasteiger partial charge in [0.05, 0.1) is 16.8 Å². The summed E-state index contributed by atoms with van der Waals surface area (Å²) < 4.78 is 3.03. The Morgan fingerprint density at radius 2 is 2.11 bits per heavy atom. The van der Waals surface area contributed by atoms with E-state index in [1.165, 1.54) is 16.9 Å². The molecule has 0 fully saturated rings. The molecule has 0 aliphatic rings. The van der Waals surface area contributed by atoms with E-state index < -0.39 is 0 Å². The number of thioether (sulfide) groups is 1. The van der Waals surface area contributed by atoms with Gasteiger partial charge in [0, 0.05) is 15.7 Å². The monoisotopic (exact) mass is 394 g/mol. The molecule has 5 heteroatoms. The molecule has 1 aromatic heterocycles. The van der Waals surface area contributed by atoms with E-state index in [2.05, 4.69) is 49.9 Å². The van der Waals surface area contributed by atoms with Gasteiger partial charge in [-0.15, -0.1) is 18.2 Å². The van der Waals surface area contributed by atoms with Crippen LogP contribution >= 0.6 is 23.1 Å². The van der Waals surface area contributed by atoms with Crippen molar-refractivity contribution in [1.82, 2.24) is 4.57 Å². The summed E-state index contributed by atoms with van der Waals surface area (Å²) in [7, 11) is 0. The third kappa shape index (κ3) is 4.52. The minimum atomic E-state index is -0.241. The highest BCUT2D eigenvalue weighted by Crippen LogP contribution is 2.24. The van der Waals surface area contributed by atoms with Crippen LogP contribution in [-0.2, 0) is 13.0 Å². The van der Waals surface area contributed by atoms with Gasteiger partial charge in [0.15, 0.2) is 4.80 Å². The quantitative estimate of drug-likeness (QED) is 0.443. The molecule has 0 spiro atoms. The number of aromatic nitrogens is 1. The second-order valence-electron chi connectivity index (χ2n) is 6.44. The number of terminal acetylenes is 1. The maximum atomic E-state index is 12.8. The minimum Gasteiger partial charge on any atom is -0.305 e. The Labute approximate surface area is 168 Å². The summed E-state index contributed by atoms with van der Waals surface area (Å²) >= 11 is 3.24. The molecule has 3 rings (SSSR count). The van der Waals surface area contributed by atoms with Gasteiger partial charge in [-0.05, 0) is 42.3 Å². The molecule has 3 aromatic rings. The zero-order chi connectivity index (χ0) is 19.4. The SMILES string of the molecule is C#CCn1c(=NC(=O)c2cccc(SC(C)C)c2)sc2cc(CC)ccc21. The molecular formula is C22H22N2OS2. The molecule has 0 saturated carbocycles. The molecule has 2 aromatic carbocycles. The minimum absolute atomic E-state index is 0.241. The van der Waals surface area contributed by atoms with E-state index in [1.54, 1.807) is 11.8 Å². The highest BCUT2D eigenvalue weighted by Gasteiger charge is 2.10. The number of hydrogen-bond donors (Lipinski definition) is 0. The fourth-order valence-electron chi connectivity index (χ4n) is 2.79. The molecule has 0 saturated heterocycles. The number of fused-ring (bicyclic) bond motifs is 1. The second-order valence-corrected chi connectivity index (χ2v) is 9.10. The van der Waals surface area contributed by atoms with E-state index in [-0.39, 0.29) is 5.91 Å². The Hall–Kier alpha value is -2.29. The van der Waals surface area contributed by atoms with Gasteiger partial charge >= 0.3 is 0 Å². The first-order chi connectivity index (χ1) is 13.0. The number of aryl methyl sites for hydroxylation is 1. The van der Waals surface area contributed by atoms with Crippen molar-refractivity contribution in [2.24, 2.45) is 4.99 Å². The second kappa shape index (κ2) is 8.60. The molecule has 27 heavy (non-hydrogen) atoms. The van der Waals surface area contributed by atoms with Crippen LogP contribution in [0.1, 0.15) is 36.7 Å². The van der Waals surface area contributed by atoms with Crippen molar-refractivity contribution >= 4 is 39.2 Å². The third-order valence-electron chi connectivity index (χ3n) is 4.05. The van der Waals surface area contributed by atoms with Crippen molar-refractivity contribution in [3.8, 4) is 12.3 Å². The first-order valence-corrected chi connectivity index (χ1v) is 10.6. The standard InChI is InChI=1S/C22H22N2OS2/c1-5-12-24-19-11-10-16(6-2)13-20(19)27-22(24)23-21(25)17-8-7-9-18(14-17)26-15(3)4/h1,7-11,13-15H,6,12H2,2-4H3. The first kappa shape index (κ1) is 19.5. The molecule has 1 heterocycles. The number of amides is 1. The van der Waals surface area contributed by atoms with E-state index in [0.29, 0.717) is 22.2 Å². The number of rotatable bonds is 5. The smallest absolute Gasteiger partial charge is 0.279 e. The van der Waals surface area contributed by atoms with Gasteiger partial charge in [-0.1, -0.05) is 50.2 Å². The van der Waals surface area contributed by atoms with Gasteiger partial charge < -0.3 is 4.57 Å². The van der Waals surface area contributed by atoms with Crippen molar-refractivity contribution < 1.29 is 4.79 Å². The first-order valence-electron chi connectivity index (χ1n) is 8.93. The summed E-state index contributed by atoms with van der Waals surface area (Å²) in [6.45, 7) is 6.78. The topological polar surface area (TPSA) is 34.4 Å². The van der Waals surface area contributed by atoms with Crippen molar-refractivity contribution in [1.29, 1.82) is 0 Å². The Morgan fingerprint density at radius 3 is 2.81 bits per heavy atom. The predicted molar refractivity (Wildman–Crippen MR) is 115 cm³/mol. The van der Waals surface area contributed by atoms with Crippen LogP contribution in [0, 0.1) is 12.3 Å². The lowest BCUT2D eigenvalue weighted by Gasteiger charge is -2.05. The fourth-order valence-corrected chi connectivity index (χ4v) is 4.78. The van der Waals surface area contributed by atoms with Gasteiger partial charge in [0.2, 0.25) is 0 Å². The summed E-state index contributed by atoms with van der Waals surface area (Å²) in [4.78, 5) is 18.9. The Kier molecular flexibility index (Phi) is 6.20. The molecule has 0 bridgehead atoms. The predicted octanol–water partition coefficient (Wildman–Crippen LogP) is 5.14. The highest BCUT2D eigenvalue weighted by molar-refractivity contribution is 7.99. The molecule has 138 valence electrons. The van der Waals surface area contributed by atoms with Gasteiger partial charge in [0.25, 0.3) is 5.91 Å². The van der Waals surface area contributed by atoms with E-state index in [0.717, 1.165) is 21.5 Å². The van der Waals surface area contributed by atoms with Crippen molar-refractivity contribution in [2.45, 2.75) is 43.9 Å². The molecule has 0 N–H and O–H groups in total. The lowest BCUT2D eigenvalue weighted by atomic mass is 10.2. The Morgan fingerprint density at radius 1 is 1.30 bits per heavy atom. The molecule has 0 unspecified atom stereocenters. The molecule has 0 aliphatic heterocycles. The number of benzene rings is 2. The van der Waals surface area contributed by atoms with Crippen LogP contribution in [-0.4, -0.2) is 15.7 Å². The highest BCUT2D eigenvalue weighted by atomic mass is 32.2. The zero-order valence-corrected chi connectivity index (χ0v) is 17.4. The van der Waals surface area contributed by atoms with Crippen LogP contribution in [0.4, 0.5) is 0 Å². The van der Waals surface area contributed by atoms with Crippen molar-refractivity contribution in [2.75, 3.05) is 0 Å². The van der Waals surface area contributed by atoms with Crippen molar-refractivity contribution in [3.63, 3.8) is 0 Å². The molecule has 0 aliphatic carbocycles. The zero-order valence-electron chi connectivity index (χ0n) is 15.7. The molecule has 0 atom stereocenters. The summed E-state index contributed by atoms with van der Waals surface area (Å²) in [5.74, 6) is 2.43.